The van der Waals surface area contributed by atoms with Gasteiger partial charge in [0.1, 0.15) is 0 Å². The van der Waals surface area contributed by atoms with E-state index >= 15 is 0 Å². The second-order valence-corrected chi connectivity index (χ2v) is 3.76. The van der Waals surface area contributed by atoms with Gasteiger partial charge in [-0.25, -0.2) is 4.21 Å². The van der Waals surface area contributed by atoms with E-state index in [1.54, 1.807) is 0 Å². The summed E-state index contributed by atoms with van der Waals surface area (Å²) in [5.74, 6) is 0. The SMILES string of the molecule is O=S(O)C1CCCCC1.[H-].[Na+]. The first-order valence-corrected chi connectivity index (χ1v) is 4.57. The van der Waals surface area contributed by atoms with E-state index < -0.39 is 11.1 Å². The Morgan fingerprint density at radius 3 is 2.10 bits per heavy atom. The van der Waals surface area contributed by atoms with Crippen molar-refractivity contribution in [1.29, 1.82) is 0 Å². The van der Waals surface area contributed by atoms with Gasteiger partial charge in [0.2, 0.25) is 0 Å². The first-order chi connectivity index (χ1) is 4.30. The maximum Gasteiger partial charge on any atom is 1.00 e. The third-order valence-corrected chi connectivity index (χ3v) is 2.88. The maximum atomic E-state index is 10.5. The van der Waals surface area contributed by atoms with Crippen LogP contribution in [0.4, 0.5) is 0 Å². The van der Waals surface area contributed by atoms with Gasteiger partial charge in [0.25, 0.3) is 0 Å². The average molecular weight is 172 g/mol. The molecule has 1 aliphatic carbocycles. The monoisotopic (exact) mass is 172 g/mol. The Labute approximate surface area is 87.8 Å². The number of rotatable bonds is 1. The fraction of sp³-hybridized carbons (Fsp3) is 1.00. The molecule has 0 radical (unpaired) electrons. The molecule has 56 valence electrons. The Morgan fingerprint density at radius 1 is 1.30 bits per heavy atom. The van der Waals surface area contributed by atoms with E-state index in [0.29, 0.717) is 0 Å². The van der Waals surface area contributed by atoms with Crippen LogP contribution < -0.4 is 29.6 Å². The quantitative estimate of drug-likeness (QED) is 0.392. The largest absolute Gasteiger partial charge is 1.00 e. The van der Waals surface area contributed by atoms with E-state index in [2.05, 4.69) is 0 Å². The van der Waals surface area contributed by atoms with Gasteiger partial charge in [-0.15, -0.1) is 0 Å². The minimum absolute atomic E-state index is 0. The normalized spacial score (nSPS) is 23.3. The number of hydrogen-bond acceptors (Lipinski definition) is 1. The molecular weight excluding hydrogens is 159 g/mol. The Morgan fingerprint density at radius 2 is 1.80 bits per heavy atom. The molecule has 0 amide bonds. The van der Waals surface area contributed by atoms with E-state index in [4.69, 9.17) is 4.55 Å². The summed E-state index contributed by atoms with van der Waals surface area (Å²) in [6, 6.07) is 0. The molecule has 1 fully saturated rings. The van der Waals surface area contributed by atoms with Gasteiger partial charge in [-0.1, -0.05) is 19.3 Å². The molecule has 0 aromatic rings. The van der Waals surface area contributed by atoms with Gasteiger partial charge in [0.15, 0.2) is 11.1 Å². The van der Waals surface area contributed by atoms with Crippen molar-refractivity contribution in [2.45, 2.75) is 37.4 Å². The fourth-order valence-corrected chi connectivity index (χ4v) is 2.00. The van der Waals surface area contributed by atoms with Crippen molar-refractivity contribution in [3.63, 3.8) is 0 Å². The second kappa shape index (κ2) is 5.72. The van der Waals surface area contributed by atoms with Crippen LogP contribution in [-0.2, 0) is 11.1 Å². The van der Waals surface area contributed by atoms with Crippen LogP contribution >= 0.6 is 0 Å². The topological polar surface area (TPSA) is 37.3 Å². The van der Waals surface area contributed by atoms with Crippen LogP contribution in [0.2, 0.25) is 0 Å². The van der Waals surface area contributed by atoms with Crippen LogP contribution in [0.25, 0.3) is 0 Å². The zero-order valence-corrected chi connectivity index (χ0v) is 9.19. The molecule has 1 rings (SSSR count). The summed E-state index contributed by atoms with van der Waals surface area (Å²) in [6.45, 7) is 0. The summed E-state index contributed by atoms with van der Waals surface area (Å²) in [5.41, 5.74) is 0. The summed E-state index contributed by atoms with van der Waals surface area (Å²) < 4.78 is 19.1. The molecule has 10 heavy (non-hydrogen) atoms. The Bertz CT molecular complexity index is 117. The van der Waals surface area contributed by atoms with E-state index in [1.807, 2.05) is 0 Å². The minimum atomic E-state index is -1.55. The number of hydrogen-bond donors (Lipinski definition) is 1. The molecule has 1 N–H and O–H groups in total. The summed E-state index contributed by atoms with van der Waals surface area (Å²) in [5, 5.41) is 0.0822. The van der Waals surface area contributed by atoms with Gasteiger partial charge in [-0.05, 0) is 12.8 Å². The van der Waals surface area contributed by atoms with Gasteiger partial charge in [-0.2, -0.15) is 0 Å². The van der Waals surface area contributed by atoms with Crippen LogP contribution in [0.15, 0.2) is 0 Å². The molecule has 0 aromatic carbocycles. The molecule has 2 nitrogen and oxygen atoms in total. The van der Waals surface area contributed by atoms with Crippen LogP contribution in [0.5, 0.6) is 0 Å². The van der Waals surface area contributed by atoms with Gasteiger partial charge in [0, 0.05) is 0 Å². The molecule has 0 aliphatic heterocycles. The molecule has 0 saturated heterocycles. The fourth-order valence-electron chi connectivity index (χ4n) is 1.27. The molecule has 1 aliphatic rings. The molecule has 0 aromatic heterocycles. The van der Waals surface area contributed by atoms with Crippen LogP contribution in [0.1, 0.15) is 33.5 Å². The van der Waals surface area contributed by atoms with Crippen LogP contribution in [0, 0.1) is 0 Å². The van der Waals surface area contributed by atoms with Gasteiger partial charge in [0.05, 0.1) is 5.25 Å². The molecule has 0 spiro atoms. The molecule has 0 bridgehead atoms. The molecular formula is C6H13NaO2S. The summed E-state index contributed by atoms with van der Waals surface area (Å²) in [4.78, 5) is 0. The second-order valence-electron chi connectivity index (χ2n) is 2.54. The first-order valence-electron chi connectivity index (χ1n) is 3.40. The predicted octanol–water partition coefficient (Wildman–Crippen LogP) is -1.34. The minimum Gasteiger partial charge on any atom is -1.00 e. The van der Waals surface area contributed by atoms with Crippen LogP contribution in [0.3, 0.4) is 0 Å². The van der Waals surface area contributed by atoms with E-state index in [9.17, 15) is 4.21 Å². The van der Waals surface area contributed by atoms with E-state index in [1.165, 1.54) is 6.42 Å². The molecule has 1 atom stereocenters. The smallest absolute Gasteiger partial charge is 1.00 e. The Hall–Kier alpha value is 1.11. The maximum absolute atomic E-state index is 10.5. The van der Waals surface area contributed by atoms with Crippen molar-refractivity contribution in [2.75, 3.05) is 0 Å². The van der Waals surface area contributed by atoms with Crippen molar-refractivity contribution < 1.29 is 39.7 Å². The molecule has 1 unspecified atom stereocenters. The average Bonchev–Trinajstić information content (AvgIpc) is 1.90. The first kappa shape index (κ1) is 11.1. The van der Waals surface area contributed by atoms with Crippen molar-refractivity contribution in [1.82, 2.24) is 0 Å². The third-order valence-electron chi connectivity index (χ3n) is 1.84. The van der Waals surface area contributed by atoms with Crippen molar-refractivity contribution >= 4 is 11.1 Å². The van der Waals surface area contributed by atoms with E-state index in [-0.39, 0.29) is 36.2 Å². The van der Waals surface area contributed by atoms with Crippen LogP contribution in [-0.4, -0.2) is 14.0 Å². The van der Waals surface area contributed by atoms with Crippen molar-refractivity contribution in [3.8, 4) is 0 Å². The Kier molecular flexibility index (Phi) is 6.36. The summed E-state index contributed by atoms with van der Waals surface area (Å²) in [7, 11) is 0. The molecule has 4 heteroatoms. The van der Waals surface area contributed by atoms with Gasteiger partial charge >= 0.3 is 29.6 Å². The summed E-state index contributed by atoms with van der Waals surface area (Å²) >= 11 is -1.55. The van der Waals surface area contributed by atoms with E-state index in [0.717, 1.165) is 25.7 Å². The molecule has 1 saturated carbocycles. The van der Waals surface area contributed by atoms with Crippen molar-refractivity contribution in [2.24, 2.45) is 0 Å². The molecule has 0 heterocycles. The third kappa shape index (κ3) is 3.49. The van der Waals surface area contributed by atoms with Gasteiger partial charge in [-0.3, -0.25) is 0 Å². The zero-order chi connectivity index (χ0) is 6.69. The Balaban J connectivity index is 0. The standard InChI is InChI=1S/C6H12O2S.Na.H/c7-9(8)6-4-2-1-3-5-6;;/h6H,1-5H2,(H,7,8);;/q;+1;-1. The predicted molar refractivity (Wildman–Crippen MR) is 38.8 cm³/mol. The summed E-state index contributed by atoms with van der Waals surface area (Å²) in [6.07, 6.45) is 5.41. The van der Waals surface area contributed by atoms with Gasteiger partial charge < -0.3 is 5.98 Å². The van der Waals surface area contributed by atoms with Crippen molar-refractivity contribution in [3.05, 3.63) is 0 Å². The zero-order valence-electron chi connectivity index (χ0n) is 7.38.